The Morgan fingerprint density at radius 3 is 2.64 bits per heavy atom. The summed E-state index contributed by atoms with van der Waals surface area (Å²) in [6, 6.07) is 9.11. The summed E-state index contributed by atoms with van der Waals surface area (Å²) < 4.78 is 2.01. The third-order valence-corrected chi connectivity index (χ3v) is 4.87. The van der Waals surface area contributed by atoms with Gasteiger partial charge in [-0.3, -0.25) is 9.78 Å². The van der Waals surface area contributed by atoms with E-state index in [9.17, 15) is 4.79 Å². The largest absolute Gasteiger partial charge is 0.326 e. The maximum atomic E-state index is 12.5. The van der Waals surface area contributed by atoms with E-state index in [1.165, 1.54) is 0 Å². The fraction of sp³-hybridized carbons (Fsp3) is 0.167. The van der Waals surface area contributed by atoms with Crippen molar-refractivity contribution in [3.05, 3.63) is 65.2 Å². The number of pyridine rings is 1. The Labute approximate surface area is 154 Å². The Morgan fingerprint density at radius 1 is 1.08 bits per heavy atom. The van der Waals surface area contributed by atoms with E-state index in [0.717, 1.165) is 17.1 Å². The van der Waals surface area contributed by atoms with Gasteiger partial charge in [-0.1, -0.05) is 23.2 Å². The third-order valence-electron chi connectivity index (χ3n) is 4.32. The van der Waals surface area contributed by atoms with E-state index >= 15 is 0 Å². The Bertz CT molecular complexity index is 923. The maximum Gasteiger partial charge on any atom is 0.229 e. The van der Waals surface area contributed by atoms with Gasteiger partial charge in [0.25, 0.3) is 0 Å². The molecule has 0 bridgehead atoms. The molecule has 25 heavy (non-hydrogen) atoms. The van der Waals surface area contributed by atoms with Crippen LogP contribution in [0.3, 0.4) is 0 Å². The fourth-order valence-corrected chi connectivity index (χ4v) is 3.45. The Hall–Kier alpha value is -2.37. The van der Waals surface area contributed by atoms with Crippen LogP contribution in [0.5, 0.6) is 0 Å². The van der Waals surface area contributed by atoms with Gasteiger partial charge in [0, 0.05) is 54.0 Å². The predicted molar refractivity (Wildman–Crippen MR) is 97.9 cm³/mol. The predicted octanol–water partition coefficient (Wildman–Crippen LogP) is 4.23. The monoisotopic (exact) mass is 372 g/mol. The van der Waals surface area contributed by atoms with Crippen molar-refractivity contribution in [3.63, 3.8) is 0 Å². The van der Waals surface area contributed by atoms with Crippen LogP contribution in [0.4, 0.5) is 5.69 Å². The van der Waals surface area contributed by atoms with E-state index in [1.54, 1.807) is 35.6 Å². The van der Waals surface area contributed by atoms with E-state index in [0.29, 0.717) is 23.0 Å². The van der Waals surface area contributed by atoms with E-state index in [2.05, 4.69) is 9.97 Å². The molecule has 1 saturated heterocycles. The highest BCUT2D eigenvalue weighted by atomic mass is 35.5. The second-order valence-electron chi connectivity index (χ2n) is 5.85. The second kappa shape index (κ2) is 6.50. The molecule has 126 valence electrons. The second-order valence-corrected chi connectivity index (χ2v) is 6.70. The number of imidazole rings is 1. The molecule has 3 aromatic rings. The highest BCUT2D eigenvalue weighted by molar-refractivity contribution is 6.33. The lowest BCUT2D eigenvalue weighted by Crippen LogP contribution is -2.24. The topological polar surface area (TPSA) is 51.0 Å². The number of aromatic nitrogens is 3. The van der Waals surface area contributed by atoms with Crippen LogP contribution in [0, 0.1) is 0 Å². The summed E-state index contributed by atoms with van der Waals surface area (Å²) in [5, 5.41) is 1.19. The highest BCUT2D eigenvalue weighted by Gasteiger charge is 2.33. The molecule has 0 aliphatic carbocycles. The highest BCUT2D eigenvalue weighted by Crippen LogP contribution is 2.33. The number of carbonyl (C=O) groups excluding carboxylic acids is 1. The third kappa shape index (κ3) is 3.01. The molecule has 1 aliphatic heterocycles. The van der Waals surface area contributed by atoms with Crippen molar-refractivity contribution in [1.29, 1.82) is 0 Å². The van der Waals surface area contributed by atoms with Crippen molar-refractivity contribution in [3.8, 4) is 11.4 Å². The van der Waals surface area contributed by atoms with Gasteiger partial charge in [-0.2, -0.15) is 0 Å². The van der Waals surface area contributed by atoms with Crippen molar-refractivity contribution in [2.24, 2.45) is 0 Å². The molecule has 1 aliphatic rings. The average Bonchev–Trinajstić information content (AvgIpc) is 3.23. The van der Waals surface area contributed by atoms with Crippen molar-refractivity contribution in [2.75, 3.05) is 11.4 Å². The number of hydrogen-bond donors (Lipinski definition) is 0. The molecular formula is C18H14Cl2N4O. The number of carbonyl (C=O) groups is 1. The molecule has 5 nitrogen and oxygen atoms in total. The molecule has 4 rings (SSSR count). The van der Waals surface area contributed by atoms with E-state index in [-0.39, 0.29) is 11.9 Å². The van der Waals surface area contributed by atoms with Gasteiger partial charge in [0.15, 0.2) is 0 Å². The van der Waals surface area contributed by atoms with Gasteiger partial charge in [-0.15, -0.1) is 0 Å². The van der Waals surface area contributed by atoms with Gasteiger partial charge in [0.05, 0.1) is 11.1 Å². The Balaban J connectivity index is 1.65. The SMILES string of the molecule is O=C1CC(n2ccnc2-c2ccncc2Cl)CN1c1ccc(Cl)cc1. The van der Waals surface area contributed by atoms with Crippen molar-refractivity contribution in [2.45, 2.75) is 12.5 Å². The average molecular weight is 373 g/mol. The summed E-state index contributed by atoms with van der Waals surface area (Å²) in [7, 11) is 0. The first kappa shape index (κ1) is 16.1. The van der Waals surface area contributed by atoms with Crippen LogP contribution < -0.4 is 4.90 Å². The van der Waals surface area contributed by atoms with Crippen LogP contribution in [0.1, 0.15) is 12.5 Å². The summed E-state index contributed by atoms with van der Waals surface area (Å²) >= 11 is 12.2. The molecule has 1 aromatic carbocycles. The van der Waals surface area contributed by atoms with Crippen LogP contribution in [0.25, 0.3) is 11.4 Å². The molecule has 0 spiro atoms. The number of hydrogen-bond acceptors (Lipinski definition) is 3. The van der Waals surface area contributed by atoms with Gasteiger partial charge >= 0.3 is 0 Å². The molecule has 0 N–H and O–H groups in total. The quantitative estimate of drug-likeness (QED) is 0.691. The molecule has 1 amide bonds. The summed E-state index contributed by atoms with van der Waals surface area (Å²) in [6.07, 6.45) is 7.29. The van der Waals surface area contributed by atoms with Crippen LogP contribution in [-0.4, -0.2) is 27.0 Å². The van der Waals surface area contributed by atoms with Crippen molar-refractivity contribution >= 4 is 34.8 Å². The van der Waals surface area contributed by atoms with Gasteiger partial charge in [-0.05, 0) is 30.3 Å². The van der Waals surface area contributed by atoms with Crippen LogP contribution >= 0.6 is 23.2 Å². The molecule has 2 aromatic heterocycles. The number of halogens is 2. The minimum absolute atomic E-state index is 0.00934. The molecular weight excluding hydrogens is 359 g/mol. The molecule has 3 heterocycles. The van der Waals surface area contributed by atoms with E-state index < -0.39 is 0 Å². The number of rotatable bonds is 3. The molecule has 1 unspecified atom stereocenters. The van der Waals surface area contributed by atoms with Crippen molar-refractivity contribution in [1.82, 2.24) is 14.5 Å². The first-order chi connectivity index (χ1) is 12.1. The summed E-state index contributed by atoms with van der Waals surface area (Å²) in [5.74, 6) is 0.816. The summed E-state index contributed by atoms with van der Waals surface area (Å²) in [4.78, 5) is 22.7. The first-order valence-electron chi connectivity index (χ1n) is 7.82. The molecule has 1 atom stereocenters. The molecule has 0 radical (unpaired) electrons. The van der Waals surface area contributed by atoms with Gasteiger partial charge in [-0.25, -0.2) is 4.98 Å². The van der Waals surface area contributed by atoms with E-state index in [1.807, 2.05) is 29.0 Å². The number of benzene rings is 1. The summed E-state index contributed by atoms with van der Waals surface area (Å²) in [5.41, 5.74) is 1.65. The van der Waals surface area contributed by atoms with Crippen LogP contribution in [-0.2, 0) is 4.79 Å². The Kier molecular flexibility index (Phi) is 4.19. The lowest BCUT2D eigenvalue weighted by molar-refractivity contribution is -0.117. The van der Waals surface area contributed by atoms with E-state index in [4.69, 9.17) is 23.2 Å². The first-order valence-corrected chi connectivity index (χ1v) is 8.58. The van der Waals surface area contributed by atoms with Crippen LogP contribution in [0.2, 0.25) is 10.0 Å². The van der Waals surface area contributed by atoms with Crippen LogP contribution in [0.15, 0.2) is 55.1 Å². The minimum atomic E-state index is -0.00934. The maximum absolute atomic E-state index is 12.5. The van der Waals surface area contributed by atoms with Gasteiger partial charge in [0.1, 0.15) is 5.82 Å². The lowest BCUT2D eigenvalue weighted by Gasteiger charge is -2.18. The number of nitrogens with zero attached hydrogens (tertiary/aromatic N) is 4. The smallest absolute Gasteiger partial charge is 0.229 e. The van der Waals surface area contributed by atoms with Crippen molar-refractivity contribution < 1.29 is 4.79 Å². The zero-order chi connectivity index (χ0) is 17.4. The molecule has 0 saturated carbocycles. The summed E-state index contributed by atoms with van der Waals surface area (Å²) in [6.45, 7) is 0.576. The standard InChI is InChI=1S/C18H14Cl2N4O/c19-12-1-3-13(4-2-12)24-11-14(9-17(24)25)23-8-7-22-18(23)15-5-6-21-10-16(15)20/h1-8,10,14H,9,11H2. The van der Waals surface area contributed by atoms with Gasteiger partial charge in [0.2, 0.25) is 5.91 Å². The lowest BCUT2D eigenvalue weighted by atomic mass is 10.2. The fourth-order valence-electron chi connectivity index (χ4n) is 3.12. The zero-order valence-electron chi connectivity index (χ0n) is 13.1. The number of anilines is 1. The molecule has 1 fully saturated rings. The minimum Gasteiger partial charge on any atom is -0.326 e. The Morgan fingerprint density at radius 2 is 1.88 bits per heavy atom. The zero-order valence-corrected chi connectivity index (χ0v) is 14.7. The van der Waals surface area contributed by atoms with Gasteiger partial charge < -0.3 is 9.47 Å². The molecule has 7 heteroatoms. The number of amides is 1. The normalized spacial score (nSPS) is 17.3.